The number of anilines is 1. The summed E-state index contributed by atoms with van der Waals surface area (Å²) in [6, 6.07) is 13.4. The van der Waals surface area contributed by atoms with Crippen molar-refractivity contribution in [3.63, 3.8) is 0 Å². The first-order valence-electron chi connectivity index (χ1n) is 10.8. The Labute approximate surface area is 198 Å². The van der Waals surface area contributed by atoms with Crippen molar-refractivity contribution in [3.8, 4) is 5.75 Å². The lowest BCUT2D eigenvalue weighted by molar-refractivity contribution is -0.117. The van der Waals surface area contributed by atoms with Gasteiger partial charge >= 0.3 is 0 Å². The van der Waals surface area contributed by atoms with Gasteiger partial charge in [-0.05, 0) is 30.9 Å². The number of aromatic nitrogens is 2. The number of ether oxygens (including phenoxy) is 1. The first kappa shape index (κ1) is 23.5. The molecule has 1 saturated heterocycles. The van der Waals surface area contributed by atoms with Crippen LogP contribution in [0.15, 0.2) is 47.8 Å². The van der Waals surface area contributed by atoms with E-state index in [4.69, 9.17) is 4.74 Å². The van der Waals surface area contributed by atoms with Gasteiger partial charge in [0.15, 0.2) is 9.84 Å². The number of aryl methyl sites for hydroxylation is 1. The standard InChI is InChI=1S/C23H28N4O4S2/c1-17-12-22(27(25-17)19-9-11-33(29,30)16-19)24-23(28)15-26(14-20-7-5-10-32-20)13-18-6-3-4-8-21(18)31-2/h3-8,10,12,19H,9,11,13-16H2,1-2H3,(H,24,28). The zero-order valence-electron chi connectivity index (χ0n) is 18.7. The summed E-state index contributed by atoms with van der Waals surface area (Å²) < 4.78 is 31.0. The molecule has 3 aromatic rings. The fraction of sp³-hybridized carbons (Fsp3) is 0.391. The number of thiophene rings is 1. The van der Waals surface area contributed by atoms with Crippen molar-refractivity contribution in [2.24, 2.45) is 0 Å². The third kappa shape index (κ3) is 6.01. The average molecular weight is 489 g/mol. The van der Waals surface area contributed by atoms with Gasteiger partial charge in [0.2, 0.25) is 5.91 Å². The summed E-state index contributed by atoms with van der Waals surface area (Å²) in [7, 11) is -1.42. The maximum Gasteiger partial charge on any atom is 0.239 e. The highest BCUT2D eigenvalue weighted by Crippen LogP contribution is 2.27. The molecule has 176 valence electrons. The summed E-state index contributed by atoms with van der Waals surface area (Å²) in [5, 5.41) is 9.43. The maximum atomic E-state index is 13.1. The molecule has 2 aromatic heterocycles. The van der Waals surface area contributed by atoms with Crippen LogP contribution in [-0.4, -0.2) is 54.2 Å². The van der Waals surface area contributed by atoms with Crippen LogP contribution in [0.25, 0.3) is 0 Å². The molecule has 1 fully saturated rings. The van der Waals surface area contributed by atoms with Gasteiger partial charge in [-0.15, -0.1) is 11.3 Å². The van der Waals surface area contributed by atoms with E-state index >= 15 is 0 Å². The minimum Gasteiger partial charge on any atom is -0.496 e. The van der Waals surface area contributed by atoms with Crippen LogP contribution in [0.4, 0.5) is 5.82 Å². The van der Waals surface area contributed by atoms with Gasteiger partial charge < -0.3 is 10.1 Å². The lowest BCUT2D eigenvalue weighted by Crippen LogP contribution is -2.33. The second-order valence-corrected chi connectivity index (χ2v) is 11.5. The van der Waals surface area contributed by atoms with Gasteiger partial charge in [0, 0.05) is 29.6 Å². The van der Waals surface area contributed by atoms with E-state index < -0.39 is 9.84 Å². The Kier molecular flexibility index (Phi) is 7.16. The first-order chi connectivity index (χ1) is 15.8. The molecule has 33 heavy (non-hydrogen) atoms. The number of nitrogens with zero attached hydrogens (tertiary/aromatic N) is 3. The highest BCUT2D eigenvalue weighted by atomic mass is 32.2. The number of para-hydroxylation sites is 1. The van der Waals surface area contributed by atoms with Crippen LogP contribution in [0.2, 0.25) is 0 Å². The molecule has 10 heteroatoms. The van der Waals surface area contributed by atoms with Crippen LogP contribution in [0.1, 0.15) is 28.6 Å². The summed E-state index contributed by atoms with van der Waals surface area (Å²) in [6.07, 6.45) is 0.505. The highest BCUT2D eigenvalue weighted by Gasteiger charge is 2.31. The fourth-order valence-corrected chi connectivity index (χ4v) is 6.55. The number of rotatable bonds is 9. The molecular weight excluding hydrogens is 460 g/mol. The molecule has 1 aliphatic heterocycles. The summed E-state index contributed by atoms with van der Waals surface area (Å²) in [4.78, 5) is 16.3. The Morgan fingerprint density at radius 3 is 2.79 bits per heavy atom. The van der Waals surface area contributed by atoms with Crippen LogP contribution in [0.3, 0.4) is 0 Å². The summed E-state index contributed by atoms with van der Waals surface area (Å²) in [5.41, 5.74) is 1.74. The molecule has 1 aliphatic rings. The van der Waals surface area contributed by atoms with E-state index in [1.165, 1.54) is 0 Å². The van der Waals surface area contributed by atoms with Gasteiger partial charge in [0.1, 0.15) is 11.6 Å². The number of hydrogen-bond acceptors (Lipinski definition) is 7. The minimum absolute atomic E-state index is 0.0509. The Bertz CT molecular complexity index is 1210. The van der Waals surface area contributed by atoms with Gasteiger partial charge in [-0.3, -0.25) is 9.69 Å². The van der Waals surface area contributed by atoms with E-state index in [0.29, 0.717) is 25.3 Å². The second kappa shape index (κ2) is 10.1. The van der Waals surface area contributed by atoms with Gasteiger partial charge in [0.05, 0.1) is 36.9 Å². The van der Waals surface area contributed by atoms with Crippen LogP contribution >= 0.6 is 11.3 Å². The fourth-order valence-electron chi connectivity index (χ4n) is 4.11. The molecule has 1 N–H and O–H groups in total. The quantitative estimate of drug-likeness (QED) is 0.497. The lowest BCUT2D eigenvalue weighted by atomic mass is 10.2. The average Bonchev–Trinajstić information content (AvgIpc) is 3.49. The predicted molar refractivity (Wildman–Crippen MR) is 129 cm³/mol. The zero-order chi connectivity index (χ0) is 23.4. The molecule has 1 amide bonds. The molecule has 0 bridgehead atoms. The maximum absolute atomic E-state index is 13.1. The van der Waals surface area contributed by atoms with Crippen molar-refractivity contribution in [1.82, 2.24) is 14.7 Å². The largest absolute Gasteiger partial charge is 0.496 e. The third-order valence-electron chi connectivity index (χ3n) is 5.59. The summed E-state index contributed by atoms with van der Waals surface area (Å²) in [6.45, 7) is 3.18. The van der Waals surface area contributed by atoms with Crippen LogP contribution < -0.4 is 10.1 Å². The van der Waals surface area contributed by atoms with Gasteiger partial charge in [-0.25, -0.2) is 13.1 Å². The highest BCUT2D eigenvalue weighted by molar-refractivity contribution is 7.91. The molecule has 0 aliphatic carbocycles. The van der Waals surface area contributed by atoms with Crippen molar-refractivity contribution in [2.75, 3.05) is 30.5 Å². The number of methoxy groups -OCH3 is 1. The van der Waals surface area contributed by atoms with E-state index in [-0.39, 0.29) is 30.0 Å². The molecule has 1 atom stereocenters. The monoisotopic (exact) mass is 488 g/mol. The van der Waals surface area contributed by atoms with Crippen molar-refractivity contribution in [1.29, 1.82) is 0 Å². The number of sulfone groups is 1. The summed E-state index contributed by atoms with van der Waals surface area (Å²) in [5.74, 6) is 1.34. The zero-order valence-corrected chi connectivity index (χ0v) is 20.4. The first-order valence-corrected chi connectivity index (χ1v) is 13.5. The van der Waals surface area contributed by atoms with E-state index in [1.807, 2.05) is 42.6 Å². The number of hydrogen-bond donors (Lipinski definition) is 1. The molecule has 3 heterocycles. The summed E-state index contributed by atoms with van der Waals surface area (Å²) >= 11 is 1.65. The smallest absolute Gasteiger partial charge is 0.239 e. The molecule has 8 nitrogen and oxygen atoms in total. The van der Waals surface area contributed by atoms with Gasteiger partial charge in [0.25, 0.3) is 0 Å². The number of nitrogens with one attached hydrogen (secondary N) is 1. The van der Waals surface area contributed by atoms with Crippen molar-refractivity contribution in [3.05, 3.63) is 64.0 Å². The molecule has 1 aromatic carbocycles. The van der Waals surface area contributed by atoms with Crippen molar-refractivity contribution >= 4 is 32.9 Å². The van der Waals surface area contributed by atoms with Crippen molar-refractivity contribution < 1.29 is 17.9 Å². The molecule has 0 radical (unpaired) electrons. The van der Waals surface area contributed by atoms with E-state index in [2.05, 4.69) is 21.4 Å². The molecule has 0 saturated carbocycles. The van der Waals surface area contributed by atoms with Crippen molar-refractivity contribution in [2.45, 2.75) is 32.5 Å². The Balaban J connectivity index is 1.49. The Hall–Kier alpha value is -2.69. The van der Waals surface area contributed by atoms with Gasteiger partial charge in [-0.2, -0.15) is 5.10 Å². The Morgan fingerprint density at radius 2 is 2.09 bits per heavy atom. The van der Waals surface area contributed by atoms with E-state index in [9.17, 15) is 13.2 Å². The predicted octanol–water partition coefficient (Wildman–Crippen LogP) is 3.26. The Morgan fingerprint density at radius 1 is 1.27 bits per heavy atom. The van der Waals surface area contributed by atoms with Crippen LogP contribution in [-0.2, 0) is 27.7 Å². The molecule has 4 rings (SSSR count). The van der Waals surface area contributed by atoms with E-state index in [1.54, 1.807) is 29.2 Å². The second-order valence-electron chi connectivity index (χ2n) is 8.26. The van der Waals surface area contributed by atoms with Crippen LogP contribution in [0, 0.1) is 6.92 Å². The normalized spacial score (nSPS) is 17.4. The molecule has 1 unspecified atom stereocenters. The van der Waals surface area contributed by atoms with E-state index in [0.717, 1.165) is 21.9 Å². The topological polar surface area (TPSA) is 93.5 Å². The number of carbonyl (C=O) groups excluding carboxylic acids is 1. The molecule has 0 spiro atoms. The SMILES string of the molecule is COc1ccccc1CN(CC(=O)Nc1cc(C)nn1C1CCS(=O)(=O)C1)Cc1cccs1. The van der Waals surface area contributed by atoms with Gasteiger partial charge in [-0.1, -0.05) is 24.3 Å². The van der Waals surface area contributed by atoms with Crippen LogP contribution in [0.5, 0.6) is 5.75 Å². The number of amides is 1. The minimum atomic E-state index is -3.06. The lowest BCUT2D eigenvalue weighted by Gasteiger charge is -2.23. The number of benzene rings is 1. The molecular formula is C23H28N4O4S2. The third-order valence-corrected chi connectivity index (χ3v) is 8.20. The number of carbonyl (C=O) groups is 1.